The zero-order chi connectivity index (χ0) is 11.5. The Morgan fingerprint density at radius 2 is 1.93 bits per heavy atom. The van der Waals surface area contributed by atoms with Gasteiger partial charge in [0.15, 0.2) is 0 Å². The molecule has 15 heavy (non-hydrogen) atoms. The predicted molar refractivity (Wildman–Crippen MR) is 63.6 cm³/mol. The normalized spacial score (nSPS) is 11.4. The Morgan fingerprint density at radius 3 is 2.47 bits per heavy atom. The van der Waals surface area contributed by atoms with Gasteiger partial charge in [0.25, 0.3) is 0 Å². The molecule has 0 heterocycles. The van der Waals surface area contributed by atoms with Gasteiger partial charge in [-0.2, -0.15) is 0 Å². The van der Waals surface area contributed by atoms with E-state index >= 15 is 0 Å². The maximum Gasteiger partial charge on any atom is 0.232 e. The second-order valence-electron chi connectivity index (χ2n) is 3.51. The van der Waals surface area contributed by atoms with Crippen LogP contribution in [-0.2, 0) is 16.4 Å². The van der Waals surface area contributed by atoms with Gasteiger partial charge in [0.1, 0.15) is 0 Å². The van der Waals surface area contributed by atoms with Gasteiger partial charge in [0.05, 0.1) is 11.4 Å². The maximum atomic E-state index is 11.4. The Labute approximate surface area is 91.6 Å². The van der Waals surface area contributed by atoms with Gasteiger partial charge in [-0.1, -0.05) is 19.1 Å². The fourth-order valence-electron chi connectivity index (χ4n) is 1.24. The number of anilines is 1. The van der Waals surface area contributed by atoms with Crippen LogP contribution in [0.4, 0.5) is 5.69 Å². The third-order valence-electron chi connectivity index (χ3n) is 2.36. The first-order chi connectivity index (χ1) is 6.98. The Balaban J connectivity index is 3.04. The summed E-state index contributed by atoms with van der Waals surface area (Å²) in [6.45, 7) is 5.57. The molecule has 3 nitrogen and oxygen atoms in total. The molecular weight excluding hydrogens is 210 g/mol. The number of benzene rings is 1. The summed E-state index contributed by atoms with van der Waals surface area (Å²) in [7, 11) is -3.17. The van der Waals surface area contributed by atoms with Crippen molar-refractivity contribution in [3.8, 4) is 0 Å². The minimum absolute atomic E-state index is 0.1000. The number of hydrogen-bond donors (Lipinski definition) is 1. The molecule has 0 saturated carbocycles. The van der Waals surface area contributed by atoms with Crippen LogP contribution in [0.3, 0.4) is 0 Å². The highest BCUT2D eigenvalue weighted by molar-refractivity contribution is 7.92. The summed E-state index contributed by atoms with van der Waals surface area (Å²) in [6, 6.07) is 5.84. The number of hydrogen-bond acceptors (Lipinski definition) is 2. The van der Waals surface area contributed by atoms with Crippen LogP contribution in [0.15, 0.2) is 18.2 Å². The molecule has 0 aliphatic rings. The van der Waals surface area contributed by atoms with E-state index < -0.39 is 10.0 Å². The van der Waals surface area contributed by atoms with Crippen molar-refractivity contribution in [1.82, 2.24) is 0 Å². The van der Waals surface area contributed by atoms with Gasteiger partial charge in [0.2, 0.25) is 10.0 Å². The van der Waals surface area contributed by atoms with Gasteiger partial charge in [-0.05, 0) is 37.5 Å². The average molecular weight is 227 g/mol. The van der Waals surface area contributed by atoms with E-state index in [0.29, 0.717) is 5.69 Å². The summed E-state index contributed by atoms with van der Waals surface area (Å²) in [6.07, 6.45) is 0.904. The molecule has 0 spiro atoms. The van der Waals surface area contributed by atoms with Crippen LogP contribution < -0.4 is 4.72 Å². The highest BCUT2D eigenvalue weighted by Gasteiger charge is 2.08. The monoisotopic (exact) mass is 227 g/mol. The topological polar surface area (TPSA) is 46.2 Å². The summed E-state index contributed by atoms with van der Waals surface area (Å²) in [4.78, 5) is 0. The first-order valence-electron chi connectivity index (χ1n) is 5.08. The summed E-state index contributed by atoms with van der Waals surface area (Å²) in [5.74, 6) is 0.1000. The van der Waals surface area contributed by atoms with E-state index in [1.807, 2.05) is 32.0 Å². The minimum Gasteiger partial charge on any atom is -0.283 e. The molecule has 0 saturated heterocycles. The van der Waals surface area contributed by atoms with Gasteiger partial charge in [0, 0.05) is 0 Å². The molecule has 0 aliphatic heterocycles. The standard InChI is InChI=1S/C11H17NO2S/c1-4-10-7-6-9(3)11(8-10)12-15(13,14)5-2/h6-8,12H,4-5H2,1-3H3. The summed E-state index contributed by atoms with van der Waals surface area (Å²) in [5, 5.41) is 0. The van der Waals surface area contributed by atoms with Gasteiger partial charge >= 0.3 is 0 Å². The van der Waals surface area contributed by atoms with E-state index in [1.165, 1.54) is 0 Å². The quantitative estimate of drug-likeness (QED) is 0.858. The number of aryl methyl sites for hydroxylation is 2. The Kier molecular flexibility index (Phi) is 3.74. The van der Waals surface area contributed by atoms with Crippen molar-refractivity contribution < 1.29 is 8.42 Å². The van der Waals surface area contributed by atoms with Crippen LogP contribution in [0, 0.1) is 6.92 Å². The fraction of sp³-hybridized carbons (Fsp3) is 0.455. The van der Waals surface area contributed by atoms with Crippen molar-refractivity contribution in [2.75, 3.05) is 10.5 Å². The Morgan fingerprint density at radius 1 is 1.27 bits per heavy atom. The van der Waals surface area contributed by atoms with Crippen molar-refractivity contribution in [3.05, 3.63) is 29.3 Å². The number of nitrogens with one attached hydrogen (secondary N) is 1. The van der Waals surface area contributed by atoms with Crippen molar-refractivity contribution in [2.45, 2.75) is 27.2 Å². The second-order valence-corrected chi connectivity index (χ2v) is 5.52. The van der Waals surface area contributed by atoms with E-state index in [4.69, 9.17) is 0 Å². The molecule has 1 aromatic rings. The molecular formula is C11H17NO2S. The molecule has 0 unspecified atom stereocenters. The lowest BCUT2D eigenvalue weighted by Gasteiger charge is -2.10. The SMILES string of the molecule is CCc1ccc(C)c(NS(=O)(=O)CC)c1. The van der Waals surface area contributed by atoms with Gasteiger partial charge in [-0.3, -0.25) is 4.72 Å². The molecule has 1 N–H and O–H groups in total. The average Bonchev–Trinajstić information content (AvgIpc) is 2.21. The van der Waals surface area contributed by atoms with Crippen LogP contribution >= 0.6 is 0 Å². The zero-order valence-electron chi connectivity index (χ0n) is 9.37. The highest BCUT2D eigenvalue weighted by atomic mass is 32.2. The molecule has 4 heteroatoms. The number of rotatable bonds is 4. The Bertz CT molecular complexity index is 438. The van der Waals surface area contributed by atoms with Gasteiger partial charge < -0.3 is 0 Å². The Hall–Kier alpha value is -1.03. The third kappa shape index (κ3) is 3.23. The predicted octanol–water partition coefficient (Wildman–Crippen LogP) is 2.32. The van der Waals surface area contributed by atoms with E-state index in [1.54, 1.807) is 6.92 Å². The second kappa shape index (κ2) is 4.66. The lowest BCUT2D eigenvalue weighted by molar-refractivity contribution is 0.602. The van der Waals surface area contributed by atoms with Crippen molar-refractivity contribution in [1.29, 1.82) is 0 Å². The van der Waals surface area contributed by atoms with Crippen LogP contribution in [0.1, 0.15) is 25.0 Å². The van der Waals surface area contributed by atoms with E-state index in [2.05, 4.69) is 4.72 Å². The summed E-state index contributed by atoms with van der Waals surface area (Å²) in [5.41, 5.74) is 2.77. The molecule has 0 bridgehead atoms. The van der Waals surface area contributed by atoms with Crippen molar-refractivity contribution >= 4 is 15.7 Å². The van der Waals surface area contributed by atoms with Gasteiger partial charge in [-0.15, -0.1) is 0 Å². The molecule has 1 rings (SSSR count). The molecule has 84 valence electrons. The number of sulfonamides is 1. The largest absolute Gasteiger partial charge is 0.283 e. The first-order valence-corrected chi connectivity index (χ1v) is 6.73. The van der Waals surface area contributed by atoms with Gasteiger partial charge in [-0.25, -0.2) is 8.42 Å². The summed E-state index contributed by atoms with van der Waals surface area (Å²) >= 11 is 0. The minimum atomic E-state index is -3.17. The first kappa shape index (κ1) is 12.0. The third-order valence-corrected chi connectivity index (χ3v) is 3.65. The maximum absolute atomic E-state index is 11.4. The smallest absolute Gasteiger partial charge is 0.232 e. The lowest BCUT2D eigenvalue weighted by Crippen LogP contribution is -2.15. The molecule has 0 aromatic heterocycles. The van der Waals surface area contributed by atoms with E-state index in [-0.39, 0.29) is 5.75 Å². The van der Waals surface area contributed by atoms with Crippen LogP contribution in [0.2, 0.25) is 0 Å². The molecule has 0 aliphatic carbocycles. The van der Waals surface area contributed by atoms with E-state index in [0.717, 1.165) is 17.5 Å². The lowest BCUT2D eigenvalue weighted by atomic mass is 10.1. The molecule has 0 atom stereocenters. The molecule has 0 amide bonds. The van der Waals surface area contributed by atoms with Crippen LogP contribution in [-0.4, -0.2) is 14.2 Å². The molecule has 1 aromatic carbocycles. The van der Waals surface area contributed by atoms with Crippen LogP contribution in [0.5, 0.6) is 0 Å². The molecule has 0 fully saturated rings. The van der Waals surface area contributed by atoms with Crippen LogP contribution in [0.25, 0.3) is 0 Å². The molecule has 0 radical (unpaired) electrons. The fourth-order valence-corrected chi connectivity index (χ4v) is 1.94. The zero-order valence-corrected chi connectivity index (χ0v) is 10.2. The van der Waals surface area contributed by atoms with Crippen molar-refractivity contribution in [3.63, 3.8) is 0 Å². The van der Waals surface area contributed by atoms with E-state index in [9.17, 15) is 8.42 Å². The van der Waals surface area contributed by atoms with Crippen molar-refractivity contribution in [2.24, 2.45) is 0 Å². The highest BCUT2D eigenvalue weighted by Crippen LogP contribution is 2.18. The summed E-state index contributed by atoms with van der Waals surface area (Å²) < 4.78 is 25.4.